The van der Waals surface area contributed by atoms with Crippen molar-refractivity contribution < 1.29 is 9.72 Å². The summed E-state index contributed by atoms with van der Waals surface area (Å²) in [6, 6.07) is 5.83. The minimum atomic E-state index is -0.546. The number of nitrogens with one attached hydrogen (secondary N) is 1. The summed E-state index contributed by atoms with van der Waals surface area (Å²) in [6.45, 7) is 7.64. The first-order valence-corrected chi connectivity index (χ1v) is 10.7. The monoisotopic (exact) mass is 432 g/mol. The fourth-order valence-electron chi connectivity index (χ4n) is 2.90. The van der Waals surface area contributed by atoms with Crippen molar-refractivity contribution in [1.29, 1.82) is 0 Å². The number of carbonyl (C=O) groups excluding carboxylic acids is 1. The molecule has 0 unspecified atom stereocenters. The molecule has 10 heteroatoms. The van der Waals surface area contributed by atoms with Gasteiger partial charge in [0.25, 0.3) is 11.2 Å². The van der Waals surface area contributed by atoms with Crippen LogP contribution in [0.2, 0.25) is 0 Å². The second kappa shape index (κ2) is 8.34. The lowest BCUT2D eigenvalue weighted by atomic mass is 10.2. The van der Waals surface area contributed by atoms with Crippen LogP contribution in [0.25, 0.3) is 10.2 Å². The Hall–Kier alpha value is -2.72. The third-order valence-corrected chi connectivity index (χ3v) is 6.48. The van der Waals surface area contributed by atoms with Crippen LogP contribution in [-0.2, 0) is 4.79 Å². The van der Waals surface area contributed by atoms with Gasteiger partial charge in [-0.3, -0.25) is 24.3 Å². The Kier molecular flexibility index (Phi) is 6.04. The number of amides is 1. The number of nitro benzene ring substituents is 1. The molecule has 152 valence electrons. The molecular formula is C19H20N4O4S2. The average Bonchev–Trinajstić information content (AvgIpc) is 2.94. The number of nitro groups is 1. The number of aromatic nitrogens is 2. The van der Waals surface area contributed by atoms with Gasteiger partial charge in [-0.15, -0.1) is 11.3 Å². The highest BCUT2D eigenvalue weighted by Gasteiger charge is 2.20. The highest BCUT2D eigenvalue weighted by molar-refractivity contribution is 7.99. The Morgan fingerprint density at radius 3 is 2.69 bits per heavy atom. The molecule has 1 aromatic carbocycles. The molecule has 0 atom stereocenters. The largest absolute Gasteiger partial charge is 0.320 e. The van der Waals surface area contributed by atoms with E-state index in [0.717, 1.165) is 22.2 Å². The molecule has 0 saturated heterocycles. The van der Waals surface area contributed by atoms with Crippen LogP contribution in [0.15, 0.2) is 34.2 Å². The van der Waals surface area contributed by atoms with E-state index in [1.165, 1.54) is 29.5 Å². The summed E-state index contributed by atoms with van der Waals surface area (Å²) >= 11 is 2.59. The first kappa shape index (κ1) is 21.0. The van der Waals surface area contributed by atoms with Gasteiger partial charge in [-0.1, -0.05) is 23.9 Å². The lowest BCUT2D eigenvalue weighted by Gasteiger charge is -2.15. The minimum absolute atomic E-state index is 0.0277. The zero-order chi connectivity index (χ0) is 21.3. The Morgan fingerprint density at radius 2 is 2.03 bits per heavy atom. The minimum Gasteiger partial charge on any atom is -0.320 e. The van der Waals surface area contributed by atoms with Crippen molar-refractivity contribution in [3.8, 4) is 0 Å². The van der Waals surface area contributed by atoms with Gasteiger partial charge in [0, 0.05) is 17.0 Å². The van der Waals surface area contributed by atoms with Crippen molar-refractivity contribution in [2.45, 2.75) is 38.9 Å². The topological polar surface area (TPSA) is 107 Å². The zero-order valence-electron chi connectivity index (χ0n) is 16.4. The lowest BCUT2D eigenvalue weighted by molar-refractivity contribution is -0.383. The van der Waals surface area contributed by atoms with Crippen molar-refractivity contribution in [2.75, 3.05) is 11.1 Å². The molecule has 0 aliphatic carbocycles. The van der Waals surface area contributed by atoms with E-state index >= 15 is 0 Å². The number of hydrogen-bond donors (Lipinski definition) is 1. The first-order chi connectivity index (χ1) is 13.7. The van der Waals surface area contributed by atoms with Crippen molar-refractivity contribution in [3.05, 3.63) is 55.2 Å². The van der Waals surface area contributed by atoms with Gasteiger partial charge in [0.05, 0.1) is 16.1 Å². The molecule has 0 aliphatic heterocycles. The number of thioether (sulfide) groups is 1. The standard InChI is InChI=1S/C19H20N4O4S2/c1-10(2)22-18(25)16-11(3)12(4)29-17(16)21-19(22)28-9-15(24)20-13-7-5-6-8-14(13)23(26)27/h5-8,10H,9H2,1-4H3,(H,20,24). The van der Waals surface area contributed by atoms with Gasteiger partial charge in [-0.2, -0.15) is 0 Å². The summed E-state index contributed by atoms with van der Waals surface area (Å²) < 4.78 is 1.59. The fraction of sp³-hybridized carbons (Fsp3) is 0.316. The normalized spacial score (nSPS) is 11.2. The second-order valence-electron chi connectivity index (χ2n) is 6.74. The average molecular weight is 433 g/mol. The Balaban J connectivity index is 1.87. The van der Waals surface area contributed by atoms with E-state index in [1.807, 2.05) is 27.7 Å². The molecule has 0 saturated carbocycles. The van der Waals surface area contributed by atoms with Gasteiger partial charge in [-0.05, 0) is 39.3 Å². The van der Waals surface area contributed by atoms with Crippen molar-refractivity contribution in [1.82, 2.24) is 9.55 Å². The van der Waals surface area contributed by atoms with Gasteiger partial charge >= 0.3 is 0 Å². The van der Waals surface area contributed by atoms with E-state index in [1.54, 1.807) is 10.6 Å². The van der Waals surface area contributed by atoms with Crippen LogP contribution in [0, 0.1) is 24.0 Å². The molecule has 2 aromatic heterocycles. The molecule has 0 spiro atoms. The molecule has 8 nitrogen and oxygen atoms in total. The number of rotatable bonds is 6. The molecule has 29 heavy (non-hydrogen) atoms. The van der Waals surface area contributed by atoms with E-state index in [9.17, 15) is 19.7 Å². The first-order valence-electron chi connectivity index (χ1n) is 8.89. The molecule has 0 bridgehead atoms. The summed E-state index contributed by atoms with van der Waals surface area (Å²) in [5, 5.41) is 14.7. The number of nitrogens with zero attached hydrogens (tertiary/aromatic N) is 3. The summed E-state index contributed by atoms with van der Waals surface area (Å²) in [4.78, 5) is 42.3. The summed E-state index contributed by atoms with van der Waals surface area (Å²) in [7, 11) is 0. The number of anilines is 1. The lowest BCUT2D eigenvalue weighted by Crippen LogP contribution is -2.25. The van der Waals surface area contributed by atoms with Crippen LogP contribution in [0.5, 0.6) is 0 Å². The molecular weight excluding hydrogens is 412 g/mol. The third kappa shape index (κ3) is 4.18. The van der Waals surface area contributed by atoms with Crippen LogP contribution in [0.3, 0.4) is 0 Å². The van der Waals surface area contributed by atoms with Crippen LogP contribution >= 0.6 is 23.1 Å². The van der Waals surface area contributed by atoms with Crippen LogP contribution in [0.4, 0.5) is 11.4 Å². The maximum Gasteiger partial charge on any atom is 0.292 e. The van der Waals surface area contributed by atoms with Crippen LogP contribution in [0.1, 0.15) is 30.3 Å². The predicted octanol–water partition coefficient (Wildman–Crippen LogP) is 4.29. The number of carbonyl (C=O) groups is 1. The Morgan fingerprint density at radius 1 is 1.34 bits per heavy atom. The van der Waals surface area contributed by atoms with Crippen LogP contribution < -0.4 is 10.9 Å². The number of thiophene rings is 1. The smallest absolute Gasteiger partial charge is 0.292 e. The molecule has 0 radical (unpaired) electrons. The summed E-state index contributed by atoms with van der Waals surface area (Å²) in [6.07, 6.45) is 0. The van der Waals surface area contributed by atoms with Crippen molar-refractivity contribution in [2.24, 2.45) is 0 Å². The van der Waals surface area contributed by atoms with E-state index in [-0.39, 0.29) is 28.7 Å². The highest BCUT2D eigenvalue weighted by Crippen LogP contribution is 2.30. The number of aryl methyl sites for hydroxylation is 2. The molecule has 3 aromatic rings. The summed E-state index contributed by atoms with van der Waals surface area (Å²) in [5.74, 6) is -0.437. The zero-order valence-corrected chi connectivity index (χ0v) is 18.0. The predicted molar refractivity (Wildman–Crippen MR) is 116 cm³/mol. The van der Waals surface area contributed by atoms with Gasteiger partial charge in [0.1, 0.15) is 10.5 Å². The van der Waals surface area contributed by atoms with Gasteiger partial charge in [0.2, 0.25) is 5.91 Å². The highest BCUT2D eigenvalue weighted by atomic mass is 32.2. The fourth-order valence-corrected chi connectivity index (χ4v) is 4.90. The number of fused-ring (bicyclic) bond motifs is 1. The Labute approximate surface area is 175 Å². The molecule has 3 rings (SSSR count). The number of para-hydroxylation sites is 2. The van der Waals surface area contributed by atoms with Gasteiger partial charge in [-0.25, -0.2) is 4.98 Å². The van der Waals surface area contributed by atoms with Crippen LogP contribution in [-0.4, -0.2) is 26.1 Å². The SMILES string of the molecule is Cc1sc2nc(SCC(=O)Nc3ccccc3[N+](=O)[O-])n(C(C)C)c(=O)c2c1C. The molecule has 0 fully saturated rings. The quantitative estimate of drug-likeness (QED) is 0.269. The number of benzene rings is 1. The maximum atomic E-state index is 13.0. The summed E-state index contributed by atoms with van der Waals surface area (Å²) in [5.41, 5.74) is 0.780. The second-order valence-corrected chi connectivity index (χ2v) is 8.88. The molecule has 1 N–H and O–H groups in total. The van der Waals surface area contributed by atoms with E-state index in [0.29, 0.717) is 15.4 Å². The van der Waals surface area contributed by atoms with E-state index < -0.39 is 10.8 Å². The van der Waals surface area contributed by atoms with Gasteiger partial charge in [0.15, 0.2) is 5.16 Å². The third-order valence-electron chi connectivity index (χ3n) is 4.43. The molecule has 1 amide bonds. The van der Waals surface area contributed by atoms with E-state index in [2.05, 4.69) is 10.3 Å². The maximum absolute atomic E-state index is 13.0. The van der Waals surface area contributed by atoms with E-state index in [4.69, 9.17) is 0 Å². The van der Waals surface area contributed by atoms with Crippen molar-refractivity contribution >= 4 is 50.6 Å². The van der Waals surface area contributed by atoms with Crippen molar-refractivity contribution in [3.63, 3.8) is 0 Å². The number of hydrogen-bond acceptors (Lipinski definition) is 7. The van der Waals surface area contributed by atoms with Gasteiger partial charge < -0.3 is 5.32 Å². The molecule has 0 aliphatic rings. The Bertz CT molecular complexity index is 1170. The molecule has 2 heterocycles.